The molecule has 138 valence electrons. The Hall–Kier alpha value is -2.30. The smallest absolute Gasteiger partial charge is 0.233 e. The highest BCUT2D eigenvalue weighted by atomic mass is 16.5. The highest BCUT2D eigenvalue weighted by Gasteiger charge is 2.36. The van der Waals surface area contributed by atoms with Crippen molar-refractivity contribution in [1.82, 2.24) is 0 Å². The molecule has 25 heavy (non-hydrogen) atoms. The van der Waals surface area contributed by atoms with Crippen molar-refractivity contribution in [2.75, 3.05) is 13.7 Å². The molecule has 6 N–H and O–H groups in total. The zero-order chi connectivity index (χ0) is 20.0. The summed E-state index contributed by atoms with van der Waals surface area (Å²) in [7, 11) is 1.28. The third-order valence-electron chi connectivity index (χ3n) is 3.32. The van der Waals surface area contributed by atoms with Gasteiger partial charge in [0.1, 0.15) is 24.4 Å². The summed E-state index contributed by atoms with van der Waals surface area (Å²) in [4.78, 5) is 23.7. The molecule has 0 saturated carbocycles. The van der Waals surface area contributed by atoms with E-state index >= 15 is 0 Å². The fourth-order valence-corrected chi connectivity index (χ4v) is 1.81. The number of phenols is 1. The Morgan fingerprint density at radius 3 is 2.44 bits per heavy atom. The highest BCUT2D eigenvalue weighted by Crippen LogP contribution is 2.26. The van der Waals surface area contributed by atoms with Gasteiger partial charge in [-0.1, -0.05) is 12.1 Å². The number of Topliss-reactive ketones (excluding diaryl/α,β-unsaturated/α-hetero) is 1. The molecule has 0 spiro atoms. The van der Waals surface area contributed by atoms with E-state index in [2.05, 4.69) is 0 Å². The molecule has 0 radical (unpaired) electrons. The summed E-state index contributed by atoms with van der Waals surface area (Å²) in [6.45, 7) is -0.938. The third kappa shape index (κ3) is 5.34. The number of methoxy groups -OCH3 is 1. The Balaban J connectivity index is 2.94. The van der Waals surface area contributed by atoms with Crippen molar-refractivity contribution in [3.8, 4) is 11.5 Å². The van der Waals surface area contributed by atoms with Crippen LogP contribution in [0.3, 0.4) is 0 Å². The molecule has 0 aliphatic heterocycles. The zero-order valence-corrected chi connectivity index (χ0v) is 13.2. The number of aliphatic hydroxyl groups is 5. The second-order valence-electron chi connectivity index (χ2n) is 5.08. The standard InChI is InChI=1S/C16H20O9/c1-25-12-6-8(2-4-9(12)18)3-5-10(19)13(21)15(23)16(24)14(22)11(20)7-17/h2-6,11,14-18,20,22-24H,7H2,1H3/b5-3+/t11-,14-,15+,16+/m1/s1/i3D. The summed E-state index contributed by atoms with van der Waals surface area (Å²) in [5.41, 5.74) is 0.131. The number of carbonyl (C=O) groups is 2. The van der Waals surface area contributed by atoms with Crippen molar-refractivity contribution in [3.05, 3.63) is 29.8 Å². The summed E-state index contributed by atoms with van der Waals surface area (Å²) in [5.74, 6) is -3.01. The minimum atomic E-state index is -2.36. The topological polar surface area (TPSA) is 165 Å². The van der Waals surface area contributed by atoms with Crippen molar-refractivity contribution in [1.29, 1.82) is 0 Å². The van der Waals surface area contributed by atoms with Crippen molar-refractivity contribution in [2.24, 2.45) is 0 Å². The SMILES string of the molecule is [2H]/C(=C\C(=O)C(=O)[C@H](O)[C@@H](O)[C@H](O)[C@H](O)CO)c1ccc(O)c(OC)c1. The number of hydrogen-bond donors (Lipinski definition) is 6. The van der Waals surface area contributed by atoms with Crippen LogP contribution in [0.4, 0.5) is 0 Å². The fourth-order valence-electron chi connectivity index (χ4n) is 1.81. The van der Waals surface area contributed by atoms with E-state index < -0.39 is 48.6 Å². The summed E-state index contributed by atoms with van der Waals surface area (Å²) in [6.07, 6.45) is -7.89. The van der Waals surface area contributed by atoms with E-state index in [1.807, 2.05) is 0 Å². The van der Waals surface area contributed by atoms with Crippen molar-refractivity contribution in [3.63, 3.8) is 0 Å². The molecule has 0 fully saturated rings. The third-order valence-corrected chi connectivity index (χ3v) is 3.32. The summed E-state index contributed by atoms with van der Waals surface area (Å²) in [6, 6.07) is 3.33. The first-order chi connectivity index (χ1) is 12.1. The Kier molecular flexibility index (Phi) is 7.04. The average molecular weight is 357 g/mol. The van der Waals surface area contributed by atoms with Crippen LogP contribution in [0.15, 0.2) is 24.3 Å². The van der Waals surface area contributed by atoms with Crippen LogP contribution in [0.2, 0.25) is 0 Å². The Labute approximate surface area is 144 Å². The predicted octanol–water partition coefficient (Wildman–Crippen LogP) is -2.01. The summed E-state index contributed by atoms with van der Waals surface area (Å²) < 4.78 is 12.7. The molecule has 0 saturated heterocycles. The number of allylic oxidation sites excluding steroid dienone is 1. The molecule has 1 aromatic rings. The number of carbonyl (C=O) groups excluding carboxylic acids is 2. The van der Waals surface area contributed by atoms with E-state index in [1.54, 1.807) is 0 Å². The number of aliphatic hydroxyl groups excluding tert-OH is 5. The van der Waals surface area contributed by atoms with Crippen LogP contribution in [0.25, 0.3) is 6.05 Å². The summed E-state index contributed by atoms with van der Waals surface area (Å²) in [5, 5.41) is 56.1. The van der Waals surface area contributed by atoms with Crippen molar-refractivity contribution >= 4 is 17.6 Å². The van der Waals surface area contributed by atoms with Crippen LogP contribution in [-0.4, -0.2) is 80.3 Å². The molecule has 4 atom stereocenters. The number of rotatable bonds is 9. The largest absolute Gasteiger partial charge is 0.504 e. The molecule has 9 heteroatoms. The second kappa shape index (κ2) is 9.25. The molecule has 0 aliphatic carbocycles. The lowest BCUT2D eigenvalue weighted by Gasteiger charge is -2.24. The number of ketones is 2. The first kappa shape index (κ1) is 19.0. The normalized spacial score (nSPS) is 17.2. The maximum atomic E-state index is 11.9. The van der Waals surface area contributed by atoms with Gasteiger partial charge in [-0.2, -0.15) is 0 Å². The lowest BCUT2D eigenvalue weighted by Crippen LogP contribution is -2.49. The van der Waals surface area contributed by atoms with Gasteiger partial charge in [-0.05, 0) is 23.8 Å². The van der Waals surface area contributed by atoms with Gasteiger partial charge in [-0.15, -0.1) is 0 Å². The van der Waals surface area contributed by atoms with Gasteiger partial charge in [-0.3, -0.25) is 9.59 Å². The van der Waals surface area contributed by atoms with Crippen LogP contribution in [0.1, 0.15) is 6.93 Å². The van der Waals surface area contributed by atoms with Gasteiger partial charge in [0, 0.05) is 0 Å². The Morgan fingerprint density at radius 1 is 1.24 bits per heavy atom. The molecule has 0 aromatic heterocycles. The Bertz CT molecular complexity index is 688. The molecule has 0 bridgehead atoms. The number of aromatic hydroxyl groups is 1. The van der Waals surface area contributed by atoms with E-state index in [1.165, 1.54) is 25.3 Å². The highest BCUT2D eigenvalue weighted by molar-refractivity contribution is 6.43. The first-order valence-electron chi connectivity index (χ1n) is 7.61. The van der Waals surface area contributed by atoms with Gasteiger partial charge in [0.15, 0.2) is 11.5 Å². The van der Waals surface area contributed by atoms with Gasteiger partial charge >= 0.3 is 0 Å². The number of hydrogen-bond acceptors (Lipinski definition) is 9. The molecular formula is C16H20O9. The minimum Gasteiger partial charge on any atom is -0.504 e. The van der Waals surface area contributed by atoms with E-state index in [0.29, 0.717) is 6.08 Å². The minimum absolute atomic E-state index is 0.0380. The van der Waals surface area contributed by atoms with Gasteiger partial charge in [-0.25, -0.2) is 0 Å². The number of ether oxygens (including phenoxy) is 1. The van der Waals surface area contributed by atoms with Crippen LogP contribution in [-0.2, 0) is 9.59 Å². The van der Waals surface area contributed by atoms with Gasteiger partial charge < -0.3 is 35.4 Å². The van der Waals surface area contributed by atoms with E-state index in [-0.39, 0.29) is 17.1 Å². The molecule has 1 aromatic carbocycles. The number of phenolic OH excluding ortho intramolecular Hbond substituents is 1. The van der Waals surface area contributed by atoms with Crippen LogP contribution in [0.5, 0.6) is 11.5 Å². The first-order valence-corrected chi connectivity index (χ1v) is 7.11. The van der Waals surface area contributed by atoms with E-state index in [0.717, 1.165) is 0 Å². The van der Waals surface area contributed by atoms with Gasteiger partial charge in [0.25, 0.3) is 0 Å². The Morgan fingerprint density at radius 2 is 1.88 bits per heavy atom. The molecule has 0 unspecified atom stereocenters. The van der Waals surface area contributed by atoms with Gasteiger partial charge in [0.2, 0.25) is 11.6 Å². The van der Waals surface area contributed by atoms with Crippen LogP contribution in [0, 0.1) is 0 Å². The maximum absolute atomic E-state index is 11.9. The molecule has 0 amide bonds. The molecule has 0 heterocycles. The second-order valence-corrected chi connectivity index (χ2v) is 5.08. The lowest BCUT2D eigenvalue weighted by atomic mass is 9.98. The van der Waals surface area contributed by atoms with Crippen molar-refractivity contribution < 1.29 is 46.3 Å². The fraction of sp³-hybridized carbons (Fsp3) is 0.375. The van der Waals surface area contributed by atoms with Crippen molar-refractivity contribution in [2.45, 2.75) is 24.4 Å². The van der Waals surface area contributed by atoms with E-state index in [4.69, 9.17) is 11.2 Å². The summed E-state index contributed by atoms with van der Waals surface area (Å²) >= 11 is 0. The van der Waals surface area contributed by atoms with Crippen LogP contribution < -0.4 is 4.74 Å². The van der Waals surface area contributed by atoms with Crippen LogP contribution >= 0.6 is 0 Å². The lowest BCUT2D eigenvalue weighted by molar-refractivity contribution is -0.152. The van der Waals surface area contributed by atoms with E-state index in [9.17, 15) is 35.1 Å². The average Bonchev–Trinajstić information content (AvgIpc) is 2.64. The quantitative estimate of drug-likeness (QED) is 0.216. The molecule has 9 nitrogen and oxygen atoms in total. The molecular weight excluding hydrogens is 336 g/mol. The van der Waals surface area contributed by atoms with Gasteiger partial charge in [0.05, 0.1) is 15.1 Å². The zero-order valence-electron chi connectivity index (χ0n) is 14.2. The number of benzene rings is 1. The molecule has 1 rings (SSSR count). The molecule has 0 aliphatic rings. The monoisotopic (exact) mass is 357 g/mol. The maximum Gasteiger partial charge on any atom is 0.233 e. The predicted molar refractivity (Wildman–Crippen MR) is 84.8 cm³/mol.